The number of urea groups is 1. The van der Waals surface area contributed by atoms with E-state index in [0.717, 1.165) is 10.6 Å². The minimum absolute atomic E-state index is 0.0461. The number of hydrogen-bond donors (Lipinski definition) is 1. The largest absolute Gasteiger partial charge is 0.323 e. The fourth-order valence-electron chi connectivity index (χ4n) is 1.71. The first-order chi connectivity index (χ1) is 9.08. The van der Waals surface area contributed by atoms with E-state index in [1.165, 1.54) is 0 Å². The molecular weight excluding hydrogens is 258 g/mol. The van der Waals surface area contributed by atoms with Gasteiger partial charge >= 0.3 is 6.03 Å². The molecule has 2 amide bonds. The van der Waals surface area contributed by atoms with Crippen LogP contribution in [0.3, 0.4) is 0 Å². The van der Waals surface area contributed by atoms with Gasteiger partial charge in [0.2, 0.25) is 0 Å². The van der Waals surface area contributed by atoms with Gasteiger partial charge in [-0.2, -0.15) is 0 Å². The molecule has 5 heteroatoms. The van der Waals surface area contributed by atoms with Gasteiger partial charge in [-0.1, -0.05) is 12.1 Å². The smallest absolute Gasteiger partial charge is 0.320 e. The fourth-order valence-corrected chi connectivity index (χ4v) is 2.53. The van der Waals surface area contributed by atoms with Crippen molar-refractivity contribution < 1.29 is 4.79 Å². The number of anilines is 1. The quantitative estimate of drug-likeness (QED) is 0.928. The van der Waals surface area contributed by atoms with Crippen molar-refractivity contribution in [2.45, 2.75) is 19.9 Å². The average molecular weight is 275 g/mol. The molecule has 0 unspecified atom stereocenters. The van der Waals surface area contributed by atoms with Crippen molar-refractivity contribution in [3.05, 3.63) is 46.3 Å². The molecule has 0 aromatic carbocycles. The van der Waals surface area contributed by atoms with Gasteiger partial charge in [-0.25, -0.2) is 9.78 Å². The Labute approximate surface area is 117 Å². The molecule has 0 aliphatic rings. The Morgan fingerprint density at radius 1 is 1.37 bits per heavy atom. The summed E-state index contributed by atoms with van der Waals surface area (Å²) in [6, 6.07) is 9.47. The van der Waals surface area contributed by atoms with E-state index in [4.69, 9.17) is 0 Å². The van der Waals surface area contributed by atoms with E-state index in [0.29, 0.717) is 5.82 Å². The van der Waals surface area contributed by atoms with E-state index >= 15 is 0 Å². The van der Waals surface area contributed by atoms with E-state index in [2.05, 4.69) is 10.3 Å². The van der Waals surface area contributed by atoms with Gasteiger partial charge in [-0.3, -0.25) is 5.32 Å². The van der Waals surface area contributed by atoms with Gasteiger partial charge in [0.1, 0.15) is 5.82 Å². The number of nitrogens with one attached hydrogen (secondary N) is 1. The van der Waals surface area contributed by atoms with Crippen LogP contribution >= 0.6 is 11.3 Å². The van der Waals surface area contributed by atoms with Crippen LogP contribution < -0.4 is 5.32 Å². The van der Waals surface area contributed by atoms with Gasteiger partial charge in [0.15, 0.2) is 0 Å². The van der Waals surface area contributed by atoms with Gasteiger partial charge in [0.25, 0.3) is 0 Å². The highest BCUT2D eigenvalue weighted by Gasteiger charge is 2.18. The Balaban J connectivity index is 2.03. The van der Waals surface area contributed by atoms with Crippen molar-refractivity contribution in [3.63, 3.8) is 0 Å². The van der Waals surface area contributed by atoms with Gasteiger partial charge < -0.3 is 4.90 Å². The first kappa shape index (κ1) is 13.5. The number of amides is 2. The maximum Gasteiger partial charge on any atom is 0.323 e. The third-order valence-electron chi connectivity index (χ3n) is 2.98. The molecule has 19 heavy (non-hydrogen) atoms. The lowest BCUT2D eigenvalue weighted by Gasteiger charge is -2.24. The van der Waals surface area contributed by atoms with Crippen LogP contribution in [-0.4, -0.2) is 23.0 Å². The third kappa shape index (κ3) is 3.32. The van der Waals surface area contributed by atoms with Crippen molar-refractivity contribution in [1.29, 1.82) is 0 Å². The molecule has 2 aromatic rings. The molecule has 0 spiro atoms. The molecule has 0 bridgehead atoms. The second kappa shape index (κ2) is 5.84. The van der Waals surface area contributed by atoms with Crippen LogP contribution in [0.5, 0.6) is 0 Å². The van der Waals surface area contributed by atoms with E-state index in [1.807, 2.05) is 43.5 Å². The molecule has 0 saturated heterocycles. The lowest BCUT2D eigenvalue weighted by molar-refractivity contribution is 0.209. The summed E-state index contributed by atoms with van der Waals surface area (Å²) in [5.41, 5.74) is 0.881. The maximum atomic E-state index is 12.1. The number of aromatic nitrogens is 1. The number of pyridine rings is 1. The fraction of sp³-hybridized carbons (Fsp3) is 0.286. The molecule has 0 saturated carbocycles. The minimum atomic E-state index is -0.154. The van der Waals surface area contributed by atoms with Crippen LogP contribution in [0.2, 0.25) is 0 Å². The van der Waals surface area contributed by atoms with Crippen molar-refractivity contribution in [2.75, 3.05) is 12.4 Å². The number of aryl methyl sites for hydroxylation is 1. The van der Waals surface area contributed by atoms with Gasteiger partial charge in [-0.05, 0) is 37.4 Å². The van der Waals surface area contributed by atoms with Crippen LogP contribution in [0.1, 0.15) is 23.5 Å². The molecular formula is C14H17N3OS. The molecule has 1 atom stereocenters. The monoisotopic (exact) mass is 275 g/mol. The summed E-state index contributed by atoms with van der Waals surface area (Å²) in [5.74, 6) is 0.579. The predicted molar refractivity (Wildman–Crippen MR) is 78.5 cm³/mol. The van der Waals surface area contributed by atoms with E-state index < -0.39 is 0 Å². The van der Waals surface area contributed by atoms with Crippen molar-refractivity contribution >= 4 is 23.2 Å². The van der Waals surface area contributed by atoms with Crippen LogP contribution in [0.4, 0.5) is 10.6 Å². The normalized spacial score (nSPS) is 11.9. The highest BCUT2D eigenvalue weighted by molar-refractivity contribution is 7.10. The molecule has 2 aromatic heterocycles. The number of rotatable bonds is 3. The van der Waals surface area contributed by atoms with Crippen LogP contribution in [0.15, 0.2) is 35.7 Å². The zero-order valence-corrected chi connectivity index (χ0v) is 12.1. The average Bonchev–Trinajstić information content (AvgIpc) is 2.90. The highest BCUT2D eigenvalue weighted by atomic mass is 32.1. The zero-order valence-electron chi connectivity index (χ0n) is 11.3. The number of carbonyl (C=O) groups excluding carboxylic acids is 1. The Bertz CT molecular complexity index is 554. The van der Waals surface area contributed by atoms with Crippen LogP contribution in [0, 0.1) is 6.92 Å². The standard InChI is InChI=1S/C14H17N3OS/c1-10-6-4-8-13(15-10)16-14(18)17(3)11(2)12-7-5-9-19-12/h4-9,11H,1-3H3,(H,15,16,18)/t11-/m0/s1. The number of carbonyl (C=O) groups is 1. The summed E-state index contributed by atoms with van der Waals surface area (Å²) < 4.78 is 0. The number of nitrogens with zero attached hydrogens (tertiary/aromatic N) is 2. The molecule has 4 nitrogen and oxygen atoms in total. The Hall–Kier alpha value is -1.88. The molecule has 2 heterocycles. The highest BCUT2D eigenvalue weighted by Crippen LogP contribution is 2.23. The van der Waals surface area contributed by atoms with E-state index in [9.17, 15) is 4.79 Å². The SMILES string of the molecule is Cc1cccc(NC(=O)N(C)[C@@H](C)c2cccs2)n1. The molecule has 0 aliphatic heterocycles. The summed E-state index contributed by atoms with van der Waals surface area (Å²) in [6.45, 7) is 3.91. The maximum absolute atomic E-state index is 12.1. The zero-order chi connectivity index (χ0) is 13.8. The van der Waals surface area contributed by atoms with E-state index in [-0.39, 0.29) is 12.1 Å². The first-order valence-electron chi connectivity index (χ1n) is 6.09. The predicted octanol–water partition coefficient (Wildman–Crippen LogP) is 3.68. The van der Waals surface area contributed by atoms with Gasteiger partial charge in [-0.15, -0.1) is 11.3 Å². The summed E-state index contributed by atoms with van der Waals surface area (Å²) in [4.78, 5) is 19.2. The lowest BCUT2D eigenvalue weighted by Crippen LogP contribution is -2.33. The molecule has 0 radical (unpaired) electrons. The van der Waals surface area contributed by atoms with E-state index in [1.54, 1.807) is 29.4 Å². The Morgan fingerprint density at radius 3 is 2.79 bits per heavy atom. The number of hydrogen-bond acceptors (Lipinski definition) is 3. The van der Waals surface area contributed by atoms with Gasteiger partial charge in [0.05, 0.1) is 6.04 Å². The van der Waals surface area contributed by atoms with Crippen molar-refractivity contribution in [3.8, 4) is 0 Å². The second-order valence-corrected chi connectivity index (χ2v) is 5.38. The molecule has 0 aliphatic carbocycles. The third-order valence-corrected chi connectivity index (χ3v) is 4.02. The Morgan fingerprint density at radius 2 is 2.16 bits per heavy atom. The second-order valence-electron chi connectivity index (χ2n) is 4.40. The van der Waals surface area contributed by atoms with Crippen LogP contribution in [0.25, 0.3) is 0 Å². The summed E-state index contributed by atoms with van der Waals surface area (Å²) in [6.07, 6.45) is 0. The first-order valence-corrected chi connectivity index (χ1v) is 6.97. The molecule has 2 rings (SSSR count). The topological polar surface area (TPSA) is 45.2 Å². The van der Waals surface area contributed by atoms with Crippen LogP contribution in [-0.2, 0) is 0 Å². The Kier molecular flexibility index (Phi) is 4.16. The van der Waals surface area contributed by atoms with Crippen molar-refractivity contribution in [1.82, 2.24) is 9.88 Å². The summed E-state index contributed by atoms with van der Waals surface area (Å²) in [7, 11) is 1.79. The molecule has 1 N–H and O–H groups in total. The summed E-state index contributed by atoms with van der Waals surface area (Å²) in [5, 5.41) is 4.82. The summed E-state index contributed by atoms with van der Waals surface area (Å²) >= 11 is 1.65. The molecule has 100 valence electrons. The van der Waals surface area contributed by atoms with Crippen molar-refractivity contribution in [2.24, 2.45) is 0 Å². The van der Waals surface area contributed by atoms with Gasteiger partial charge in [0, 0.05) is 17.6 Å². The molecule has 0 fully saturated rings. The minimum Gasteiger partial charge on any atom is -0.320 e. The lowest BCUT2D eigenvalue weighted by atomic mass is 10.2. The number of thiophene rings is 1.